The van der Waals surface area contributed by atoms with Gasteiger partial charge in [0, 0.05) is 17.2 Å². The van der Waals surface area contributed by atoms with Gasteiger partial charge in [-0.3, -0.25) is 10.1 Å². The molecule has 1 heterocycles. The SMILES string of the molecule is O=[N+]([O-])c1ccc2c(-c3ccccc3)coc(CO)c1-2. The molecule has 5 heteroatoms. The Morgan fingerprint density at radius 3 is 2.50 bits per heavy atom. The van der Waals surface area contributed by atoms with Gasteiger partial charge in [-0.2, -0.15) is 0 Å². The summed E-state index contributed by atoms with van der Waals surface area (Å²) < 4.78 is 5.37. The molecule has 1 aliphatic carbocycles. The summed E-state index contributed by atoms with van der Waals surface area (Å²) in [5, 5.41) is 20.4. The molecule has 20 heavy (non-hydrogen) atoms. The average Bonchev–Trinajstić information content (AvgIpc) is 2.92. The predicted octanol–water partition coefficient (Wildman–Crippen LogP) is 3.45. The normalized spacial score (nSPS) is 10.8. The van der Waals surface area contributed by atoms with Crippen molar-refractivity contribution in [1.29, 1.82) is 0 Å². The summed E-state index contributed by atoms with van der Waals surface area (Å²) in [4.78, 5) is 10.6. The lowest BCUT2D eigenvalue weighted by molar-refractivity contribution is -0.384. The summed E-state index contributed by atoms with van der Waals surface area (Å²) in [6.07, 6.45) is 1.52. The fraction of sp³-hybridized carbons (Fsp3) is 0.0667. The first kappa shape index (κ1) is 12.4. The summed E-state index contributed by atoms with van der Waals surface area (Å²) in [6, 6.07) is 12.6. The molecule has 0 saturated heterocycles. The van der Waals surface area contributed by atoms with E-state index < -0.39 is 4.92 Å². The Morgan fingerprint density at radius 2 is 1.85 bits per heavy atom. The van der Waals surface area contributed by atoms with Crippen LogP contribution in [0.2, 0.25) is 0 Å². The number of rotatable bonds is 3. The van der Waals surface area contributed by atoms with Gasteiger partial charge in [0.1, 0.15) is 17.9 Å². The van der Waals surface area contributed by atoms with Crippen LogP contribution in [-0.4, -0.2) is 10.0 Å². The molecule has 0 atom stereocenters. The van der Waals surface area contributed by atoms with E-state index in [1.807, 2.05) is 30.3 Å². The zero-order valence-electron chi connectivity index (χ0n) is 10.4. The second-order valence-corrected chi connectivity index (χ2v) is 4.36. The van der Waals surface area contributed by atoms with Gasteiger partial charge in [-0.15, -0.1) is 0 Å². The minimum Gasteiger partial charge on any atom is -0.465 e. The van der Waals surface area contributed by atoms with Crippen molar-refractivity contribution in [3.8, 4) is 22.3 Å². The maximum Gasteiger partial charge on any atom is 0.280 e. The fourth-order valence-corrected chi connectivity index (χ4v) is 2.35. The Labute approximate surface area is 114 Å². The average molecular weight is 269 g/mol. The second kappa shape index (κ2) is 4.79. The molecule has 2 aliphatic rings. The van der Waals surface area contributed by atoms with Crippen LogP contribution in [-0.2, 0) is 6.61 Å². The fourth-order valence-electron chi connectivity index (χ4n) is 2.35. The second-order valence-electron chi connectivity index (χ2n) is 4.36. The first-order valence-corrected chi connectivity index (χ1v) is 6.06. The Hall–Kier alpha value is -2.66. The highest BCUT2D eigenvalue weighted by Gasteiger charge is 2.26. The molecule has 5 nitrogen and oxygen atoms in total. The molecular weight excluding hydrogens is 258 g/mol. The van der Waals surface area contributed by atoms with Crippen molar-refractivity contribution in [1.82, 2.24) is 0 Å². The van der Waals surface area contributed by atoms with E-state index in [0.29, 0.717) is 11.1 Å². The Morgan fingerprint density at radius 1 is 1.10 bits per heavy atom. The van der Waals surface area contributed by atoms with Gasteiger partial charge in [0.05, 0.1) is 11.2 Å². The number of hydrogen-bond acceptors (Lipinski definition) is 4. The van der Waals surface area contributed by atoms with Crippen LogP contribution in [0.3, 0.4) is 0 Å². The molecule has 0 unspecified atom stereocenters. The molecule has 1 aromatic rings. The summed E-state index contributed by atoms with van der Waals surface area (Å²) in [7, 11) is 0. The van der Waals surface area contributed by atoms with E-state index in [1.54, 1.807) is 6.07 Å². The molecule has 0 saturated carbocycles. The van der Waals surface area contributed by atoms with Crippen molar-refractivity contribution in [2.24, 2.45) is 0 Å². The number of nitrogens with zero attached hydrogens (tertiary/aromatic N) is 1. The summed E-state index contributed by atoms with van der Waals surface area (Å²) >= 11 is 0. The maximum absolute atomic E-state index is 11.1. The summed E-state index contributed by atoms with van der Waals surface area (Å²) in [6.45, 7) is -0.379. The van der Waals surface area contributed by atoms with E-state index in [2.05, 4.69) is 0 Å². The highest BCUT2D eigenvalue weighted by Crippen LogP contribution is 2.43. The van der Waals surface area contributed by atoms with Gasteiger partial charge in [0.25, 0.3) is 5.69 Å². The van der Waals surface area contributed by atoms with Crippen LogP contribution in [0, 0.1) is 10.1 Å². The van der Waals surface area contributed by atoms with Crippen LogP contribution < -0.4 is 0 Å². The van der Waals surface area contributed by atoms with Gasteiger partial charge in [-0.1, -0.05) is 30.3 Å². The lowest BCUT2D eigenvalue weighted by Crippen LogP contribution is -1.95. The molecule has 0 radical (unpaired) electrons. The monoisotopic (exact) mass is 269 g/mol. The molecule has 1 aromatic carbocycles. The van der Waals surface area contributed by atoms with E-state index >= 15 is 0 Å². The standard InChI is InChI=1S/C15H11NO4/c17-8-14-15-11(6-7-13(15)16(18)19)12(9-20-14)10-4-2-1-3-5-10/h1-7,9,17H,8H2. The van der Waals surface area contributed by atoms with Crippen molar-refractivity contribution >= 4 is 5.69 Å². The number of hydrogen-bond donors (Lipinski definition) is 1. The Kier molecular flexibility index (Phi) is 2.96. The van der Waals surface area contributed by atoms with Gasteiger partial charge >= 0.3 is 0 Å². The van der Waals surface area contributed by atoms with Crippen LogP contribution in [0.25, 0.3) is 22.3 Å². The van der Waals surface area contributed by atoms with Gasteiger partial charge in [0.15, 0.2) is 0 Å². The van der Waals surface area contributed by atoms with Crippen LogP contribution in [0.5, 0.6) is 0 Å². The van der Waals surface area contributed by atoms with E-state index in [-0.39, 0.29) is 18.1 Å². The molecule has 0 bridgehead atoms. The molecule has 1 N–H and O–H groups in total. The molecule has 0 spiro atoms. The third kappa shape index (κ3) is 1.85. The third-order valence-corrected chi connectivity index (χ3v) is 3.25. The maximum atomic E-state index is 11.1. The topological polar surface area (TPSA) is 76.5 Å². The van der Waals surface area contributed by atoms with E-state index in [4.69, 9.17) is 4.42 Å². The summed E-state index contributed by atoms with van der Waals surface area (Å²) in [5.74, 6) is 0.205. The van der Waals surface area contributed by atoms with Gasteiger partial charge < -0.3 is 9.52 Å². The highest BCUT2D eigenvalue weighted by molar-refractivity contribution is 5.90. The van der Waals surface area contributed by atoms with E-state index in [1.165, 1.54) is 12.3 Å². The van der Waals surface area contributed by atoms with Gasteiger partial charge in [-0.25, -0.2) is 0 Å². The minimum absolute atomic E-state index is 0.0504. The Bertz CT molecular complexity index is 733. The van der Waals surface area contributed by atoms with Gasteiger partial charge in [0.2, 0.25) is 0 Å². The van der Waals surface area contributed by atoms with Crippen LogP contribution in [0.4, 0.5) is 5.69 Å². The third-order valence-electron chi connectivity index (χ3n) is 3.25. The lowest BCUT2D eigenvalue weighted by atomic mass is 9.98. The van der Waals surface area contributed by atoms with Crippen molar-refractivity contribution in [3.63, 3.8) is 0 Å². The first-order chi connectivity index (χ1) is 9.72. The smallest absolute Gasteiger partial charge is 0.280 e. The Balaban J connectivity index is 2.27. The zero-order chi connectivity index (χ0) is 14.1. The molecular formula is C15H11NO4. The molecule has 0 fully saturated rings. The largest absolute Gasteiger partial charge is 0.465 e. The van der Waals surface area contributed by atoms with Crippen molar-refractivity contribution in [3.05, 3.63) is 64.6 Å². The van der Waals surface area contributed by atoms with Crippen molar-refractivity contribution < 1.29 is 14.4 Å². The zero-order valence-corrected chi connectivity index (χ0v) is 10.4. The van der Waals surface area contributed by atoms with Gasteiger partial charge in [-0.05, 0) is 11.6 Å². The van der Waals surface area contributed by atoms with Crippen LogP contribution >= 0.6 is 0 Å². The number of aliphatic hydroxyl groups excluding tert-OH is 1. The lowest BCUT2D eigenvalue weighted by Gasteiger charge is -2.10. The number of nitro groups is 1. The number of benzene rings is 1. The van der Waals surface area contributed by atoms with Crippen molar-refractivity contribution in [2.45, 2.75) is 6.61 Å². The quantitative estimate of drug-likeness (QED) is 0.583. The molecule has 1 aliphatic heterocycles. The number of aliphatic hydroxyl groups is 1. The number of fused-ring (bicyclic) bond motifs is 1. The van der Waals surface area contributed by atoms with Crippen molar-refractivity contribution in [2.75, 3.05) is 0 Å². The molecule has 3 rings (SSSR count). The highest BCUT2D eigenvalue weighted by atomic mass is 16.6. The van der Waals surface area contributed by atoms with Crippen LogP contribution in [0.1, 0.15) is 5.76 Å². The van der Waals surface area contributed by atoms with E-state index in [0.717, 1.165) is 11.1 Å². The minimum atomic E-state index is -0.466. The molecule has 100 valence electrons. The summed E-state index contributed by atoms with van der Waals surface area (Å²) in [5.41, 5.74) is 2.69. The van der Waals surface area contributed by atoms with Crippen LogP contribution in [0.15, 0.2) is 53.1 Å². The first-order valence-electron chi connectivity index (χ1n) is 6.06. The molecule has 0 amide bonds. The van der Waals surface area contributed by atoms with E-state index in [9.17, 15) is 15.2 Å². The molecule has 0 aromatic heterocycles. The predicted molar refractivity (Wildman–Crippen MR) is 73.3 cm³/mol.